The normalized spacial score (nSPS) is 14.8. The van der Waals surface area contributed by atoms with E-state index in [1.807, 2.05) is 6.07 Å². The summed E-state index contributed by atoms with van der Waals surface area (Å²) in [7, 11) is 0. The monoisotopic (exact) mass is 349 g/mol. The molecule has 0 saturated carbocycles. The van der Waals surface area contributed by atoms with Gasteiger partial charge in [-0.25, -0.2) is 0 Å². The first-order valence-corrected chi connectivity index (χ1v) is 8.26. The maximum absolute atomic E-state index is 12.2. The topological polar surface area (TPSA) is 82.4 Å². The summed E-state index contributed by atoms with van der Waals surface area (Å²) in [6.07, 6.45) is 1.55. The number of benzene rings is 1. The molecular weight excluding hydrogens is 330 g/mol. The van der Waals surface area contributed by atoms with Crippen LogP contribution >= 0.6 is 11.6 Å². The first-order chi connectivity index (χ1) is 11.6. The lowest BCUT2D eigenvalue weighted by Crippen LogP contribution is -2.43. The molecule has 0 aliphatic carbocycles. The number of rotatable bonds is 6. The van der Waals surface area contributed by atoms with Gasteiger partial charge in [0, 0.05) is 24.7 Å². The number of nitriles is 1. The molecule has 0 aromatic heterocycles. The van der Waals surface area contributed by atoms with Crippen LogP contribution in [0.3, 0.4) is 0 Å². The van der Waals surface area contributed by atoms with Crippen LogP contribution in [0, 0.1) is 17.2 Å². The Hall–Kier alpha value is -2.26. The SMILES string of the molecule is N#CCC(=O)NCC1CCN(C(=O)COc2ccc(Cl)cc2)CC1. The number of nitrogens with one attached hydrogen (secondary N) is 1. The van der Waals surface area contributed by atoms with Gasteiger partial charge in [0.05, 0.1) is 6.07 Å². The second-order valence-corrected chi connectivity index (χ2v) is 6.14. The molecule has 1 saturated heterocycles. The molecule has 0 spiro atoms. The highest BCUT2D eigenvalue weighted by molar-refractivity contribution is 6.30. The van der Waals surface area contributed by atoms with Crippen LogP contribution in [0.5, 0.6) is 5.75 Å². The fourth-order valence-corrected chi connectivity index (χ4v) is 2.67. The zero-order chi connectivity index (χ0) is 17.4. The van der Waals surface area contributed by atoms with Crippen molar-refractivity contribution in [3.8, 4) is 11.8 Å². The van der Waals surface area contributed by atoms with Crippen molar-refractivity contribution >= 4 is 23.4 Å². The van der Waals surface area contributed by atoms with Gasteiger partial charge in [-0.1, -0.05) is 11.6 Å². The summed E-state index contributed by atoms with van der Waals surface area (Å²) in [6.45, 7) is 1.87. The van der Waals surface area contributed by atoms with Crippen molar-refractivity contribution in [2.24, 2.45) is 5.92 Å². The third-order valence-corrected chi connectivity index (χ3v) is 4.22. The standard InChI is InChI=1S/C17H20ClN3O3/c18-14-1-3-15(4-2-14)24-12-17(23)21-9-6-13(7-10-21)11-20-16(22)5-8-19/h1-4,13H,5-7,9-12H2,(H,20,22). The maximum atomic E-state index is 12.2. The lowest BCUT2D eigenvalue weighted by molar-refractivity contribution is -0.135. The van der Waals surface area contributed by atoms with Gasteiger partial charge < -0.3 is 15.0 Å². The van der Waals surface area contributed by atoms with Crippen LogP contribution in [0.25, 0.3) is 0 Å². The van der Waals surface area contributed by atoms with E-state index in [4.69, 9.17) is 21.6 Å². The maximum Gasteiger partial charge on any atom is 0.260 e. The Morgan fingerprint density at radius 3 is 2.58 bits per heavy atom. The van der Waals surface area contributed by atoms with Crippen molar-refractivity contribution in [1.29, 1.82) is 5.26 Å². The molecule has 0 atom stereocenters. The Kier molecular flexibility index (Phi) is 6.89. The summed E-state index contributed by atoms with van der Waals surface area (Å²) >= 11 is 5.80. The Balaban J connectivity index is 1.68. The molecule has 1 fully saturated rings. The molecule has 1 aliphatic rings. The van der Waals surface area contributed by atoms with Crippen LogP contribution in [0.15, 0.2) is 24.3 Å². The first kappa shape index (κ1) is 18.1. The zero-order valence-electron chi connectivity index (χ0n) is 13.3. The van der Waals surface area contributed by atoms with Crippen LogP contribution in [0.1, 0.15) is 19.3 Å². The number of hydrogen-bond donors (Lipinski definition) is 1. The Labute approximate surface area is 146 Å². The van der Waals surface area contributed by atoms with E-state index in [0.717, 1.165) is 12.8 Å². The highest BCUT2D eigenvalue weighted by atomic mass is 35.5. The van der Waals surface area contributed by atoms with E-state index in [2.05, 4.69) is 5.32 Å². The smallest absolute Gasteiger partial charge is 0.260 e. The molecule has 2 amide bonds. The number of amides is 2. The van der Waals surface area contributed by atoms with Crippen LogP contribution in [-0.4, -0.2) is 43.0 Å². The van der Waals surface area contributed by atoms with Crippen molar-refractivity contribution in [2.45, 2.75) is 19.3 Å². The quantitative estimate of drug-likeness (QED) is 0.851. The summed E-state index contributed by atoms with van der Waals surface area (Å²) < 4.78 is 5.47. The lowest BCUT2D eigenvalue weighted by Gasteiger charge is -2.32. The summed E-state index contributed by atoms with van der Waals surface area (Å²) in [5.41, 5.74) is 0. The Morgan fingerprint density at radius 2 is 1.96 bits per heavy atom. The predicted molar refractivity (Wildman–Crippen MR) is 89.5 cm³/mol. The Morgan fingerprint density at radius 1 is 1.29 bits per heavy atom. The average Bonchev–Trinajstić information content (AvgIpc) is 2.60. The van der Waals surface area contributed by atoms with Crippen LogP contribution < -0.4 is 10.1 Å². The second kappa shape index (κ2) is 9.14. The molecule has 6 nitrogen and oxygen atoms in total. The van der Waals surface area contributed by atoms with E-state index >= 15 is 0 Å². The van der Waals surface area contributed by atoms with Gasteiger partial charge in [0.1, 0.15) is 12.2 Å². The molecule has 128 valence electrons. The molecule has 24 heavy (non-hydrogen) atoms. The van der Waals surface area contributed by atoms with Crippen molar-refractivity contribution in [2.75, 3.05) is 26.2 Å². The van der Waals surface area contributed by atoms with Crippen LogP contribution in [0.2, 0.25) is 5.02 Å². The molecule has 7 heteroatoms. The highest BCUT2D eigenvalue weighted by Crippen LogP contribution is 2.18. The number of halogens is 1. The number of carbonyl (C=O) groups excluding carboxylic acids is 2. The number of nitrogens with zero attached hydrogens (tertiary/aromatic N) is 2. The molecule has 1 aliphatic heterocycles. The minimum Gasteiger partial charge on any atom is -0.484 e. The van der Waals surface area contributed by atoms with E-state index < -0.39 is 0 Å². The van der Waals surface area contributed by atoms with E-state index in [0.29, 0.717) is 36.3 Å². The number of ether oxygens (including phenoxy) is 1. The third-order valence-electron chi connectivity index (χ3n) is 3.97. The summed E-state index contributed by atoms with van der Waals surface area (Å²) in [5.74, 6) is 0.668. The van der Waals surface area contributed by atoms with Crippen molar-refractivity contribution < 1.29 is 14.3 Å². The van der Waals surface area contributed by atoms with Gasteiger partial charge >= 0.3 is 0 Å². The predicted octanol–water partition coefficient (Wildman–Crippen LogP) is 1.99. The number of likely N-dealkylation sites (tertiary alicyclic amines) is 1. The first-order valence-electron chi connectivity index (χ1n) is 7.88. The van der Waals surface area contributed by atoms with E-state index in [-0.39, 0.29) is 24.8 Å². The van der Waals surface area contributed by atoms with Crippen molar-refractivity contribution in [1.82, 2.24) is 10.2 Å². The molecule has 0 unspecified atom stereocenters. The van der Waals surface area contributed by atoms with E-state index in [1.165, 1.54) is 0 Å². The van der Waals surface area contributed by atoms with Crippen LogP contribution in [0.4, 0.5) is 0 Å². The fraction of sp³-hybridized carbons (Fsp3) is 0.471. The minimum absolute atomic E-state index is 0.00516. The van der Waals surface area contributed by atoms with Gasteiger partial charge in [0.2, 0.25) is 5.91 Å². The number of hydrogen-bond acceptors (Lipinski definition) is 4. The van der Waals surface area contributed by atoms with Gasteiger partial charge in [0.25, 0.3) is 5.91 Å². The molecular formula is C17H20ClN3O3. The van der Waals surface area contributed by atoms with Gasteiger partial charge in [-0.15, -0.1) is 0 Å². The minimum atomic E-state index is -0.243. The molecule has 1 N–H and O–H groups in total. The summed E-state index contributed by atoms with van der Waals surface area (Å²) in [6, 6.07) is 8.71. The molecule has 1 heterocycles. The summed E-state index contributed by atoms with van der Waals surface area (Å²) in [4.78, 5) is 25.2. The number of piperidine rings is 1. The molecule has 1 aromatic rings. The molecule has 1 aromatic carbocycles. The fourth-order valence-electron chi connectivity index (χ4n) is 2.55. The molecule has 0 radical (unpaired) electrons. The largest absolute Gasteiger partial charge is 0.484 e. The van der Waals surface area contributed by atoms with Crippen molar-refractivity contribution in [3.05, 3.63) is 29.3 Å². The van der Waals surface area contributed by atoms with Crippen molar-refractivity contribution in [3.63, 3.8) is 0 Å². The van der Waals surface area contributed by atoms with Gasteiger partial charge in [-0.3, -0.25) is 9.59 Å². The van der Waals surface area contributed by atoms with E-state index in [9.17, 15) is 9.59 Å². The zero-order valence-corrected chi connectivity index (χ0v) is 14.1. The molecule has 2 rings (SSSR count). The third kappa shape index (κ3) is 5.74. The average molecular weight is 350 g/mol. The van der Waals surface area contributed by atoms with Crippen LogP contribution in [-0.2, 0) is 9.59 Å². The van der Waals surface area contributed by atoms with E-state index in [1.54, 1.807) is 29.2 Å². The summed E-state index contributed by atoms with van der Waals surface area (Å²) in [5, 5.41) is 11.8. The second-order valence-electron chi connectivity index (χ2n) is 5.71. The van der Waals surface area contributed by atoms with Gasteiger partial charge in [0.15, 0.2) is 6.61 Å². The van der Waals surface area contributed by atoms with Gasteiger partial charge in [-0.05, 0) is 43.0 Å². The lowest BCUT2D eigenvalue weighted by atomic mass is 9.96. The van der Waals surface area contributed by atoms with Gasteiger partial charge in [-0.2, -0.15) is 5.26 Å². The molecule has 0 bridgehead atoms. The number of carbonyl (C=O) groups is 2. The Bertz CT molecular complexity index is 605. The highest BCUT2D eigenvalue weighted by Gasteiger charge is 2.23.